The lowest BCUT2D eigenvalue weighted by atomic mass is 10.2. The number of anilines is 1. The van der Waals surface area contributed by atoms with E-state index in [1.54, 1.807) is 47.7 Å². The van der Waals surface area contributed by atoms with E-state index in [9.17, 15) is 10.1 Å². The van der Waals surface area contributed by atoms with Crippen molar-refractivity contribution in [2.45, 2.75) is 25.4 Å². The van der Waals surface area contributed by atoms with Gasteiger partial charge in [-0.15, -0.1) is 0 Å². The summed E-state index contributed by atoms with van der Waals surface area (Å²) in [6.07, 6.45) is 8.70. The van der Waals surface area contributed by atoms with Crippen LogP contribution in [0.2, 0.25) is 0 Å². The molecule has 0 bridgehead atoms. The first-order chi connectivity index (χ1) is 12.8. The summed E-state index contributed by atoms with van der Waals surface area (Å²) >= 11 is 0. The van der Waals surface area contributed by atoms with Gasteiger partial charge in [0.25, 0.3) is 5.56 Å². The predicted molar refractivity (Wildman–Crippen MR) is 94.9 cm³/mol. The lowest BCUT2D eigenvalue weighted by Gasteiger charge is -2.26. The van der Waals surface area contributed by atoms with E-state index >= 15 is 0 Å². The van der Waals surface area contributed by atoms with Gasteiger partial charge in [0.2, 0.25) is 0 Å². The van der Waals surface area contributed by atoms with Crippen molar-refractivity contribution in [3.8, 4) is 11.9 Å². The van der Waals surface area contributed by atoms with Gasteiger partial charge in [0.05, 0.1) is 18.2 Å². The third-order valence-electron chi connectivity index (χ3n) is 4.56. The molecule has 1 fully saturated rings. The standard InChI is InChI=1S/C18H17N7O/c19-11-14-3-1-7-21-18(14)24-9-2-4-15(24)12-25-17(26)6-5-16(22-25)23-10-8-20-13-23/h1,3,5-8,10,13,15H,2,4,9,12H2. The molecular formula is C18H17N7O. The van der Waals surface area contributed by atoms with Gasteiger partial charge in [0.1, 0.15) is 18.2 Å². The number of rotatable bonds is 4. The SMILES string of the molecule is N#Cc1cccnc1N1CCCC1Cn1nc(-n2ccnc2)ccc1=O. The summed E-state index contributed by atoms with van der Waals surface area (Å²) in [4.78, 5) is 22.8. The second kappa shape index (κ2) is 6.80. The highest BCUT2D eigenvalue weighted by Gasteiger charge is 2.28. The fourth-order valence-corrected chi connectivity index (χ4v) is 3.32. The molecule has 130 valence electrons. The molecule has 26 heavy (non-hydrogen) atoms. The van der Waals surface area contributed by atoms with Crippen molar-refractivity contribution < 1.29 is 0 Å². The maximum absolute atomic E-state index is 12.3. The Morgan fingerprint density at radius 1 is 1.27 bits per heavy atom. The summed E-state index contributed by atoms with van der Waals surface area (Å²) in [6, 6.07) is 8.99. The smallest absolute Gasteiger partial charge is 0.266 e. The molecule has 0 aliphatic carbocycles. The minimum absolute atomic E-state index is 0.0697. The molecule has 1 saturated heterocycles. The van der Waals surface area contributed by atoms with E-state index < -0.39 is 0 Å². The Morgan fingerprint density at radius 2 is 2.19 bits per heavy atom. The van der Waals surface area contributed by atoms with Crippen LogP contribution >= 0.6 is 0 Å². The molecule has 3 aromatic heterocycles. The first-order valence-corrected chi connectivity index (χ1v) is 8.44. The fourth-order valence-electron chi connectivity index (χ4n) is 3.32. The van der Waals surface area contributed by atoms with E-state index in [4.69, 9.17) is 0 Å². The summed E-state index contributed by atoms with van der Waals surface area (Å²) in [6.45, 7) is 1.26. The lowest BCUT2D eigenvalue weighted by Crippen LogP contribution is -2.38. The number of nitrogens with zero attached hydrogens (tertiary/aromatic N) is 7. The van der Waals surface area contributed by atoms with Crippen LogP contribution in [0.25, 0.3) is 5.82 Å². The Balaban J connectivity index is 1.63. The van der Waals surface area contributed by atoms with Crippen LogP contribution in [-0.4, -0.2) is 36.9 Å². The molecule has 0 spiro atoms. The molecule has 0 saturated carbocycles. The number of pyridine rings is 1. The Labute approximate surface area is 150 Å². The minimum Gasteiger partial charge on any atom is -0.351 e. The monoisotopic (exact) mass is 347 g/mol. The predicted octanol–water partition coefficient (Wildman–Crippen LogP) is 1.36. The average molecular weight is 347 g/mol. The van der Waals surface area contributed by atoms with Crippen molar-refractivity contribution in [2.24, 2.45) is 0 Å². The quantitative estimate of drug-likeness (QED) is 0.708. The van der Waals surface area contributed by atoms with Crippen LogP contribution in [-0.2, 0) is 6.54 Å². The third kappa shape index (κ3) is 2.95. The first kappa shape index (κ1) is 16.0. The molecule has 1 aliphatic heterocycles. The van der Waals surface area contributed by atoms with Crippen molar-refractivity contribution in [2.75, 3.05) is 11.4 Å². The molecule has 0 amide bonds. The maximum Gasteiger partial charge on any atom is 0.266 e. The maximum atomic E-state index is 12.3. The van der Waals surface area contributed by atoms with Crippen LogP contribution in [0.1, 0.15) is 18.4 Å². The van der Waals surface area contributed by atoms with Crippen molar-refractivity contribution in [3.05, 3.63) is 65.1 Å². The zero-order valence-corrected chi connectivity index (χ0v) is 14.1. The molecule has 0 N–H and O–H groups in total. The number of hydrogen-bond donors (Lipinski definition) is 0. The number of hydrogen-bond acceptors (Lipinski definition) is 6. The van der Waals surface area contributed by atoms with Crippen molar-refractivity contribution in [1.82, 2.24) is 24.3 Å². The Bertz CT molecular complexity index is 1000. The number of aromatic nitrogens is 5. The summed E-state index contributed by atoms with van der Waals surface area (Å²) < 4.78 is 3.24. The van der Waals surface area contributed by atoms with E-state index in [0.29, 0.717) is 23.7 Å². The Kier molecular flexibility index (Phi) is 4.19. The van der Waals surface area contributed by atoms with Crippen LogP contribution in [0.3, 0.4) is 0 Å². The second-order valence-electron chi connectivity index (χ2n) is 6.16. The molecule has 1 unspecified atom stereocenters. The normalized spacial score (nSPS) is 16.6. The third-order valence-corrected chi connectivity index (χ3v) is 4.56. The van der Waals surface area contributed by atoms with Gasteiger partial charge in [-0.25, -0.2) is 14.6 Å². The molecule has 4 rings (SSSR count). The van der Waals surface area contributed by atoms with Crippen molar-refractivity contribution >= 4 is 5.82 Å². The number of nitriles is 1. The van der Waals surface area contributed by atoms with Gasteiger partial charge >= 0.3 is 0 Å². The summed E-state index contributed by atoms with van der Waals surface area (Å²) in [7, 11) is 0. The van der Waals surface area contributed by atoms with Gasteiger partial charge in [-0.2, -0.15) is 10.4 Å². The van der Waals surface area contributed by atoms with E-state index in [1.807, 2.05) is 0 Å². The van der Waals surface area contributed by atoms with Gasteiger partial charge < -0.3 is 4.90 Å². The van der Waals surface area contributed by atoms with Crippen LogP contribution < -0.4 is 10.5 Å². The molecule has 0 aromatic carbocycles. The molecule has 3 aromatic rings. The molecule has 8 heteroatoms. The first-order valence-electron chi connectivity index (χ1n) is 8.44. The van der Waals surface area contributed by atoms with Crippen molar-refractivity contribution in [3.63, 3.8) is 0 Å². The van der Waals surface area contributed by atoms with E-state index in [0.717, 1.165) is 19.4 Å². The topological polar surface area (TPSA) is 92.6 Å². The van der Waals surface area contributed by atoms with Gasteiger partial charge in [-0.05, 0) is 31.0 Å². The lowest BCUT2D eigenvalue weighted by molar-refractivity contribution is 0.484. The molecule has 1 aliphatic rings. The van der Waals surface area contributed by atoms with E-state index in [1.165, 1.54) is 10.7 Å². The number of imidazole rings is 1. The highest BCUT2D eigenvalue weighted by atomic mass is 16.1. The van der Waals surface area contributed by atoms with Crippen LogP contribution in [0.15, 0.2) is 54.0 Å². The molecule has 0 radical (unpaired) electrons. The zero-order chi connectivity index (χ0) is 17.9. The average Bonchev–Trinajstić information content (AvgIpc) is 3.35. The van der Waals surface area contributed by atoms with Gasteiger partial charge in [0, 0.05) is 31.2 Å². The summed E-state index contributed by atoms with van der Waals surface area (Å²) in [5.41, 5.74) is 0.397. The molecular weight excluding hydrogens is 330 g/mol. The van der Waals surface area contributed by atoms with E-state index in [2.05, 4.69) is 26.0 Å². The van der Waals surface area contributed by atoms with E-state index in [-0.39, 0.29) is 11.6 Å². The Morgan fingerprint density at radius 3 is 3.00 bits per heavy atom. The Hall–Kier alpha value is -3.47. The van der Waals surface area contributed by atoms with Crippen LogP contribution in [0.4, 0.5) is 5.82 Å². The van der Waals surface area contributed by atoms with Crippen molar-refractivity contribution in [1.29, 1.82) is 5.26 Å². The highest BCUT2D eigenvalue weighted by molar-refractivity contribution is 5.54. The molecule has 8 nitrogen and oxygen atoms in total. The molecule has 4 heterocycles. The highest BCUT2D eigenvalue weighted by Crippen LogP contribution is 2.27. The summed E-state index contributed by atoms with van der Waals surface area (Å²) in [5, 5.41) is 13.8. The van der Waals surface area contributed by atoms with Gasteiger partial charge in [0.15, 0.2) is 5.82 Å². The fraction of sp³-hybridized carbons (Fsp3) is 0.278. The second-order valence-corrected chi connectivity index (χ2v) is 6.16. The van der Waals surface area contributed by atoms with Crippen LogP contribution in [0.5, 0.6) is 0 Å². The molecule has 1 atom stereocenters. The van der Waals surface area contributed by atoms with Gasteiger partial charge in [-0.3, -0.25) is 9.36 Å². The van der Waals surface area contributed by atoms with Crippen LogP contribution in [0, 0.1) is 11.3 Å². The largest absolute Gasteiger partial charge is 0.351 e. The minimum atomic E-state index is -0.151. The van der Waals surface area contributed by atoms with Gasteiger partial charge in [-0.1, -0.05) is 0 Å². The zero-order valence-electron chi connectivity index (χ0n) is 14.1. The summed E-state index contributed by atoms with van der Waals surface area (Å²) in [5.74, 6) is 1.32.